The Bertz CT molecular complexity index is 403. The molecule has 1 aromatic rings. The highest BCUT2D eigenvalue weighted by Crippen LogP contribution is 2.25. The molecule has 0 radical (unpaired) electrons. The number of aliphatic hydroxyl groups is 1. The van der Waals surface area contributed by atoms with E-state index in [1.165, 1.54) is 0 Å². The summed E-state index contributed by atoms with van der Waals surface area (Å²) < 4.78 is 10.4. The van der Waals surface area contributed by atoms with E-state index >= 15 is 0 Å². The summed E-state index contributed by atoms with van der Waals surface area (Å²) in [7, 11) is 0. The van der Waals surface area contributed by atoms with Gasteiger partial charge in [-0.25, -0.2) is 0 Å². The zero-order valence-corrected chi connectivity index (χ0v) is 10.3. The van der Waals surface area contributed by atoms with Gasteiger partial charge in [-0.15, -0.1) is 0 Å². The molecule has 0 spiro atoms. The van der Waals surface area contributed by atoms with Crippen molar-refractivity contribution in [1.82, 2.24) is 0 Å². The summed E-state index contributed by atoms with van der Waals surface area (Å²) >= 11 is 5.84. The Morgan fingerprint density at radius 1 is 1.47 bits per heavy atom. The maximum absolute atomic E-state index is 9.51. The normalized spacial score (nSPS) is 11.9. The molecular weight excluding hydrogens is 242 g/mol. The van der Waals surface area contributed by atoms with Crippen LogP contribution in [0.2, 0.25) is 5.02 Å². The summed E-state index contributed by atoms with van der Waals surface area (Å²) in [4.78, 5) is 0. The molecule has 17 heavy (non-hydrogen) atoms. The number of benzene rings is 1. The van der Waals surface area contributed by atoms with Crippen LogP contribution in [0.25, 0.3) is 0 Å². The van der Waals surface area contributed by atoms with Gasteiger partial charge in [0.1, 0.15) is 30.1 Å². The van der Waals surface area contributed by atoms with Crippen molar-refractivity contribution in [3.05, 3.63) is 28.8 Å². The summed E-state index contributed by atoms with van der Waals surface area (Å²) in [6, 6.07) is 6.90. The molecule has 0 aliphatic rings. The number of hydrogen-bond acceptors (Lipinski definition) is 4. The molecule has 92 valence electrons. The molecule has 0 saturated heterocycles. The minimum absolute atomic E-state index is 0.0645. The zero-order valence-electron chi connectivity index (χ0n) is 9.52. The van der Waals surface area contributed by atoms with Crippen molar-refractivity contribution >= 4 is 11.6 Å². The molecule has 1 aromatic carbocycles. The lowest BCUT2D eigenvalue weighted by Crippen LogP contribution is -2.23. The lowest BCUT2D eigenvalue weighted by molar-refractivity contribution is 0.0164. The van der Waals surface area contributed by atoms with Crippen LogP contribution < -0.4 is 4.74 Å². The van der Waals surface area contributed by atoms with Gasteiger partial charge in [-0.1, -0.05) is 17.7 Å². The van der Waals surface area contributed by atoms with Gasteiger partial charge in [0, 0.05) is 6.61 Å². The molecule has 1 rings (SSSR count). The molecule has 1 atom stereocenters. The summed E-state index contributed by atoms with van der Waals surface area (Å²) in [6.07, 6.45) is -0.722. The summed E-state index contributed by atoms with van der Waals surface area (Å²) in [5, 5.41) is 18.8. The van der Waals surface area contributed by atoms with Gasteiger partial charge < -0.3 is 14.6 Å². The molecule has 1 unspecified atom stereocenters. The van der Waals surface area contributed by atoms with Crippen LogP contribution >= 0.6 is 11.6 Å². The minimum Gasteiger partial charge on any atom is -0.489 e. The molecule has 4 nitrogen and oxygen atoms in total. The van der Waals surface area contributed by atoms with Crippen LogP contribution in [-0.2, 0) is 4.74 Å². The average Bonchev–Trinajstić information content (AvgIpc) is 2.33. The van der Waals surface area contributed by atoms with Crippen molar-refractivity contribution in [1.29, 1.82) is 5.26 Å². The molecule has 0 heterocycles. The van der Waals surface area contributed by atoms with Crippen molar-refractivity contribution in [3.8, 4) is 11.8 Å². The van der Waals surface area contributed by atoms with E-state index in [9.17, 15) is 5.11 Å². The fourth-order valence-electron chi connectivity index (χ4n) is 1.22. The minimum atomic E-state index is -0.722. The van der Waals surface area contributed by atoms with E-state index in [4.69, 9.17) is 26.3 Å². The standard InChI is InChI=1S/C12H14ClNO3/c1-2-16-7-9(15)8-17-12-5-3-4-11(13)10(12)6-14/h3-5,9,15H,2,7-8H2,1H3. The molecular formula is C12H14ClNO3. The lowest BCUT2D eigenvalue weighted by Gasteiger charge is -2.13. The van der Waals surface area contributed by atoms with Gasteiger partial charge in [0.05, 0.1) is 11.6 Å². The number of hydrogen-bond donors (Lipinski definition) is 1. The van der Waals surface area contributed by atoms with Crippen LogP contribution in [0.15, 0.2) is 18.2 Å². The Hall–Kier alpha value is -1.28. The number of rotatable bonds is 6. The SMILES string of the molecule is CCOCC(O)COc1cccc(Cl)c1C#N. The molecule has 0 bridgehead atoms. The number of ether oxygens (including phenoxy) is 2. The van der Waals surface area contributed by atoms with Crippen LogP contribution in [0.1, 0.15) is 12.5 Å². The third-order valence-electron chi connectivity index (χ3n) is 2.03. The Morgan fingerprint density at radius 3 is 2.88 bits per heavy atom. The zero-order chi connectivity index (χ0) is 12.7. The Balaban J connectivity index is 2.58. The van der Waals surface area contributed by atoms with Crippen molar-refractivity contribution in [2.24, 2.45) is 0 Å². The highest BCUT2D eigenvalue weighted by molar-refractivity contribution is 6.31. The second-order valence-corrected chi connectivity index (χ2v) is 3.76. The number of nitrogens with zero attached hydrogens (tertiary/aromatic N) is 1. The van der Waals surface area contributed by atoms with Crippen molar-refractivity contribution in [3.63, 3.8) is 0 Å². The highest BCUT2D eigenvalue weighted by Gasteiger charge is 2.10. The summed E-state index contributed by atoms with van der Waals surface area (Å²) in [5.41, 5.74) is 0.276. The van der Waals surface area contributed by atoms with Crippen molar-refractivity contribution in [2.75, 3.05) is 19.8 Å². The Labute approximate surface area is 105 Å². The largest absolute Gasteiger partial charge is 0.489 e. The van der Waals surface area contributed by atoms with Crippen molar-refractivity contribution in [2.45, 2.75) is 13.0 Å². The molecule has 0 aliphatic carbocycles. The number of aliphatic hydroxyl groups excluding tert-OH is 1. The second-order valence-electron chi connectivity index (χ2n) is 3.35. The second kappa shape index (κ2) is 7.13. The fraction of sp³-hybridized carbons (Fsp3) is 0.417. The molecule has 0 saturated carbocycles. The lowest BCUT2D eigenvalue weighted by atomic mass is 10.2. The molecule has 1 N–H and O–H groups in total. The first-order chi connectivity index (χ1) is 8.19. The first kappa shape index (κ1) is 13.8. The van der Waals surface area contributed by atoms with Gasteiger partial charge in [-0.05, 0) is 19.1 Å². The monoisotopic (exact) mass is 255 g/mol. The van der Waals surface area contributed by atoms with E-state index in [1.54, 1.807) is 18.2 Å². The molecule has 0 aromatic heterocycles. The first-order valence-corrected chi connectivity index (χ1v) is 5.64. The van der Waals surface area contributed by atoms with Gasteiger partial charge in [0.15, 0.2) is 0 Å². The predicted molar refractivity (Wildman–Crippen MR) is 64.2 cm³/mol. The van der Waals surface area contributed by atoms with E-state index < -0.39 is 6.10 Å². The fourth-order valence-corrected chi connectivity index (χ4v) is 1.43. The first-order valence-electron chi connectivity index (χ1n) is 5.26. The van der Waals surface area contributed by atoms with E-state index in [-0.39, 0.29) is 18.8 Å². The van der Waals surface area contributed by atoms with Crippen LogP contribution in [0.3, 0.4) is 0 Å². The predicted octanol–water partition coefficient (Wildman–Crippen LogP) is 1.99. The highest BCUT2D eigenvalue weighted by atomic mass is 35.5. The molecule has 0 amide bonds. The topological polar surface area (TPSA) is 62.5 Å². The van der Waals surface area contributed by atoms with Gasteiger partial charge in [0.25, 0.3) is 0 Å². The van der Waals surface area contributed by atoms with Crippen LogP contribution in [0, 0.1) is 11.3 Å². The Kier molecular flexibility index (Phi) is 5.78. The smallest absolute Gasteiger partial charge is 0.138 e. The van der Waals surface area contributed by atoms with Crippen LogP contribution in [0.5, 0.6) is 5.75 Å². The van der Waals surface area contributed by atoms with E-state index in [0.717, 1.165) is 0 Å². The summed E-state index contributed by atoms with van der Waals surface area (Å²) in [5.74, 6) is 0.371. The summed E-state index contributed by atoms with van der Waals surface area (Å²) in [6.45, 7) is 2.66. The molecule has 0 fully saturated rings. The molecule has 5 heteroatoms. The van der Waals surface area contributed by atoms with Gasteiger partial charge in [-0.3, -0.25) is 0 Å². The third-order valence-corrected chi connectivity index (χ3v) is 2.35. The van der Waals surface area contributed by atoms with Gasteiger partial charge >= 0.3 is 0 Å². The Morgan fingerprint density at radius 2 is 2.24 bits per heavy atom. The molecule has 0 aliphatic heterocycles. The average molecular weight is 256 g/mol. The maximum Gasteiger partial charge on any atom is 0.138 e. The van der Waals surface area contributed by atoms with Gasteiger partial charge in [-0.2, -0.15) is 5.26 Å². The van der Waals surface area contributed by atoms with E-state index in [1.807, 2.05) is 13.0 Å². The van der Waals surface area contributed by atoms with Crippen molar-refractivity contribution < 1.29 is 14.6 Å². The van der Waals surface area contributed by atoms with Crippen LogP contribution in [0.4, 0.5) is 0 Å². The van der Waals surface area contributed by atoms with Gasteiger partial charge in [0.2, 0.25) is 0 Å². The maximum atomic E-state index is 9.51. The third kappa shape index (κ3) is 4.23. The van der Waals surface area contributed by atoms with E-state index in [0.29, 0.717) is 17.4 Å². The van der Waals surface area contributed by atoms with E-state index in [2.05, 4.69) is 0 Å². The quantitative estimate of drug-likeness (QED) is 0.844. The number of halogens is 1. The number of nitriles is 1. The van der Waals surface area contributed by atoms with Crippen LogP contribution in [-0.4, -0.2) is 31.0 Å².